The van der Waals surface area contributed by atoms with E-state index < -0.39 is 11.9 Å². The van der Waals surface area contributed by atoms with E-state index in [0.29, 0.717) is 23.7 Å². The average molecular weight is 404 g/mol. The van der Waals surface area contributed by atoms with Crippen molar-refractivity contribution in [1.29, 1.82) is 5.26 Å². The van der Waals surface area contributed by atoms with E-state index in [1.807, 2.05) is 55.5 Å². The molecule has 0 aromatic heterocycles. The summed E-state index contributed by atoms with van der Waals surface area (Å²) in [5.41, 5.74) is 9.30. The third kappa shape index (κ3) is 4.31. The minimum Gasteiger partial charge on any atom is -0.489 e. The Morgan fingerprint density at radius 1 is 1.20 bits per heavy atom. The molecule has 6 heteroatoms. The van der Waals surface area contributed by atoms with Crippen LogP contribution in [0.3, 0.4) is 0 Å². The standard InChI is InChI=1S/C24H24N2O4/c1-4-28-24(27)21-16(3)30-23(26)20(13-25)22(21)17-10-7-11-19(12-17)29-14-18-9-6-5-8-15(18)2/h5-12,22H,4,14,26H2,1-3H3. The van der Waals surface area contributed by atoms with E-state index >= 15 is 0 Å². The maximum absolute atomic E-state index is 12.6. The molecule has 2 N–H and O–H groups in total. The fraction of sp³-hybridized carbons (Fsp3) is 0.250. The predicted molar refractivity (Wildman–Crippen MR) is 112 cm³/mol. The molecule has 1 aliphatic heterocycles. The molecular formula is C24H24N2O4. The van der Waals surface area contributed by atoms with Crippen LogP contribution in [0.5, 0.6) is 5.75 Å². The average Bonchev–Trinajstić information content (AvgIpc) is 2.73. The molecule has 2 aromatic carbocycles. The fourth-order valence-corrected chi connectivity index (χ4v) is 3.41. The highest BCUT2D eigenvalue weighted by molar-refractivity contribution is 5.92. The van der Waals surface area contributed by atoms with E-state index in [1.165, 1.54) is 0 Å². The summed E-state index contributed by atoms with van der Waals surface area (Å²) in [6.07, 6.45) is 0. The molecule has 0 amide bonds. The van der Waals surface area contributed by atoms with Gasteiger partial charge in [0.2, 0.25) is 5.88 Å². The SMILES string of the molecule is CCOC(=O)C1=C(C)OC(N)=C(C#N)C1c1cccc(OCc2ccccc2C)c1. The van der Waals surface area contributed by atoms with Gasteiger partial charge in [0.05, 0.1) is 18.1 Å². The van der Waals surface area contributed by atoms with Crippen molar-refractivity contribution in [3.63, 3.8) is 0 Å². The van der Waals surface area contributed by atoms with Gasteiger partial charge in [-0.15, -0.1) is 0 Å². The van der Waals surface area contributed by atoms with Gasteiger partial charge in [0, 0.05) is 0 Å². The first kappa shape index (κ1) is 21.0. The number of aryl methyl sites for hydroxylation is 1. The van der Waals surface area contributed by atoms with E-state index in [0.717, 1.165) is 11.1 Å². The lowest BCUT2D eigenvalue weighted by Crippen LogP contribution is -2.25. The highest BCUT2D eigenvalue weighted by Gasteiger charge is 2.36. The molecule has 1 heterocycles. The molecule has 0 saturated heterocycles. The zero-order chi connectivity index (χ0) is 21.7. The van der Waals surface area contributed by atoms with Crippen LogP contribution in [0.2, 0.25) is 0 Å². The summed E-state index contributed by atoms with van der Waals surface area (Å²) in [5.74, 6) is -0.296. The Morgan fingerprint density at radius 3 is 2.67 bits per heavy atom. The van der Waals surface area contributed by atoms with Gasteiger partial charge < -0.3 is 19.9 Å². The van der Waals surface area contributed by atoms with Crippen LogP contribution in [0.25, 0.3) is 0 Å². The number of benzene rings is 2. The number of nitrogens with zero attached hydrogens (tertiary/aromatic N) is 1. The van der Waals surface area contributed by atoms with Gasteiger partial charge in [-0.3, -0.25) is 0 Å². The monoisotopic (exact) mass is 404 g/mol. The van der Waals surface area contributed by atoms with Crippen LogP contribution in [0.1, 0.15) is 36.5 Å². The molecule has 0 spiro atoms. The third-order valence-electron chi connectivity index (χ3n) is 4.95. The van der Waals surface area contributed by atoms with Gasteiger partial charge in [0.25, 0.3) is 0 Å². The van der Waals surface area contributed by atoms with Crippen molar-refractivity contribution >= 4 is 5.97 Å². The summed E-state index contributed by atoms with van der Waals surface area (Å²) in [5, 5.41) is 9.69. The summed E-state index contributed by atoms with van der Waals surface area (Å²) in [4.78, 5) is 12.6. The molecule has 1 unspecified atom stereocenters. The van der Waals surface area contributed by atoms with E-state index in [2.05, 4.69) is 6.07 Å². The molecule has 1 aliphatic rings. The molecule has 6 nitrogen and oxygen atoms in total. The maximum atomic E-state index is 12.6. The van der Waals surface area contributed by atoms with Gasteiger partial charge in [-0.2, -0.15) is 5.26 Å². The normalized spacial score (nSPS) is 16.0. The molecule has 0 saturated carbocycles. The topological polar surface area (TPSA) is 94.6 Å². The Kier molecular flexibility index (Phi) is 6.43. The highest BCUT2D eigenvalue weighted by atomic mass is 16.5. The lowest BCUT2D eigenvalue weighted by atomic mass is 9.83. The first-order valence-electron chi connectivity index (χ1n) is 9.69. The van der Waals surface area contributed by atoms with Gasteiger partial charge >= 0.3 is 5.97 Å². The van der Waals surface area contributed by atoms with Gasteiger partial charge in [-0.1, -0.05) is 36.4 Å². The van der Waals surface area contributed by atoms with Gasteiger partial charge in [0.15, 0.2) is 0 Å². The lowest BCUT2D eigenvalue weighted by molar-refractivity contribution is -0.139. The number of hydrogen-bond donors (Lipinski definition) is 1. The zero-order valence-corrected chi connectivity index (χ0v) is 17.3. The molecule has 3 rings (SSSR count). The second-order valence-corrected chi connectivity index (χ2v) is 6.90. The number of ether oxygens (including phenoxy) is 3. The van der Waals surface area contributed by atoms with Gasteiger partial charge in [-0.25, -0.2) is 4.79 Å². The summed E-state index contributed by atoms with van der Waals surface area (Å²) in [7, 11) is 0. The number of esters is 1. The Hall–Kier alpha value is -3.72. The molecule has 154 valence electrons. The Bertz CT molecular complexity index is 1060. The Balaban J connectivity index is 1.96. The van der Waals surface area contributed by atoms with Crippen molar-refractivity contribution < 1.29 is 19.0 Å². The largest absolute Gasteiger partial charge is 0.489 e. The second kappa shape index (κ2) is 9.19. The van der Waals surface area contributed by atoms with E-state index in [4.69, 9.17) is 19.9 Å². The molecule has 0 bridgehead atoms. The van der Waals surface area contributed by atoms with Crippen molar-refractivity contribution in [3.05, 3.63) is 88.0 Å². The van der Waals surface area contributed by atoms with Crippen LogP contribution in [0.15, 0.2) is 71.3 Å². The third-order valence-corrected chi connectivity index (χ3v) is 4.95. The number of nitriles is 1. The molecule has 0 aliphatic carbocycles. The summed E-state index contributed by atoms with van der Waals surface area (Å²) in [6.45, 7) is 6.01. The summed E-state index contributed by atoms with van der Waals surface area (Å²) >= 11 is 0. The first-order valence-corrected chi connectivity index (χ1v) is 9.69. The zero-order valence-electron chi connectivity index (χ0n) is 17.3. The predicted octanol–water partition coefficient (Wildman–Crippen LogP) is 4.22. The van der Waals surface area contributed by atoms with Crippen molar-refractivity contribution in [2.75, 3.05) is 6.61 Å². The Labute approximate surface area is 176 Å². The maximum Gasteiger partial charge on any atom is 0.338 e. The number of rotatable bonds is 6. The van der Waals surface area contributed by atoms with Crippen LogP contribution in [-0.4, -0.2) is 12.6 Å². The first-order chi connectivity index (χ1) is 14.5. The van der Waals surface area contributed by atoms with E-state index in [-0.39, 0.29) is 23.6 Å². The quantitative estimate of drug-likeness (QED) is 0.725. The lowest BCUT2D eigenvalue weighted by Gasteiger charge is -2.27. The molecule has 0 fully saturated rings. The highest BCUT2D eigenvalue weighted by Crippen LogP contribution is 2.40. The Morgan fingerprint density at radius 2 is 1.97 bits per heavy atom. The fourth-order valence-electron chi connectivity index (χ4n) is 3.41. The van der Waals surface area contributed by atoms with Crippen molar-refractivity contribution in [1.82, 2.24) is 0 Å². The van der Waals surface area contributed by atoms with Crippen molar-refractivity contribution in [3.8, 4) is 11.8 Å². The van der Waals surface area contributed by atoms with Crippen LogP contribution in [0, 0.1) is 18.3 Å². The number of hydrogen-bond acceptors (Lipinski definition) is 6. The molecule has 2 aromatic rings. The smallest absolute Gasteiger partial charge is 0.338 e. The van der Waals surface area contributed by atoms with Gasteiger partial charge in [-0.05, 0) is 49.6 Å². The van der Waals surface area contributed by atoms with Crippen LogP contribution >= 0.6 is 0 Å². The number of nitrogens with two attached hydrogens (primary N) is 1. The van der Waals surface area contributed by atoms with Crippen LogP contribution < -0.4 is 10.5 Å². The van der Waals surface area contributed by atoms with E-state index in [1.54, 1.807) is 13.8 Å². The number of carbonyl (C=O) groups excluding carboxylic acids is 1. The summed E-state index contributed by atoms with van der Waals surface area (Å²) in [6, 6.07) is 17.4. The van der Waals surface area contributed by atoms with Crippen molar-refractivity contribution in [2.45, 2.75) is 33.3 Å². The number of carbonyl (C=O) groups is 1. The van der Waals surface area contributed by atoms with Crippen LogP contribution in [-0.2, 0) is 20.9 Å². The van der Waals surface area contributed by atoms with Gasteiger partial charge in [0.1, 0.15) is 29.8 Å². The second-order valence-electron chi connectivity index (χ2n) is 6.90. The number of allylic oxidation sites excluding steroid dienone is 2. The summed E-state index contributed by atoms with van der Waals surface area (Å²) < 4.78 is 16.6. The molecule has 0 radical (unpaired) electrons. The minimum atomic E-state index is -0.690. The van der Waals surface area contributed by atoms with E-state index in [9.17, 15) is 10.1 Å². The molecular weight excluding hydrogens is 380 g/mol. The van der Waals surface area contributed by atoms with Crippen molar-refractivity contribution in [2.24, 2.45) is 5.73 Å². The van der Waals surface area contributed by atoms with Crippen LogP contribution in [0.4, 0.5) is 0 Å². The molecule has 30 heavy (non-hydrogen) atoms. The minimum absolute atomic E-state index is 0.0146. The molecule has 1 atom stereocenters.